The highest BCUT2D eigenvalue weighted by Gasteiger charge is 2.45. The van der Waals surface area contributed by atoms with Crippen LogP contribution >= 0.6 is 0 Å². The first-order chi connectivity index (χ1) is 9.17. The predicted octanol–water partition coefficient (Wildman–Crippen LogP) is 3.47. The van der Waals surface area contributed by atoms with E-state index in [1.165, 1.54) is 5.39 Å². The maximum absolute atomic E-state index is 10.8. The average Bonchev–Trinajstić information content (AvgIpc) is 3.15. The van der Waals surface area contributed by atoms with E-state index in [1.807, 2.05) is 36.4 Å². The van der Waals surface area contributed by atoms with Gasteiger partial charge in [0.15, 0.2) is 0 Å². The van der Waals surface area contributed by atoms with Crippen LogP contribution in [0.5, 0.6) is 5.75 Å². The number of hydrogen-bond donors (Lipinski definition) is 1. The van der Waals surface area contributed by atoms with Crippen LogP contribution in [-0.4, -0.2) is 17.7 Å². The number of ether oxygens (including phenoxy) is 1. The van der Waals surface area contributed by atoms with Crippen LogP contribution in [0.3, 0.4) is 0 Å². The Bertz CT molecular complexity index is 614. The fourth-order valence-corrected chi connectivity index (χ4v) is 2.36. The molecule has 3 rings (SSSR count). The first kappa shape index (κ1) is 12.0. The average molecular weight is 256 g/mol. The number of aliphatic carboxylic acids is 1. The molecule has 0 saturated heterocycles. The summed E-state index contributed by atoms with van der Waals surface area (Å²) in [5.41, 5.74) is -0.128. The quantitative estimate of drug-likeness (QED) is 0.891. The Balaban J connectivity index is 1.70. The first-order valence-corrected chi connectivity index (χ1v) is 6.50. The molecule has 0 heterocycles. The van der Waals surface area contributed by atoms with Gasteiger partial charge >= 0.3 is 5.97 Å². The van der Waals surface area contributed by atoms with Gasteiger partial charge in [-0.1, -0.05) is 30.3 Å². The van der Waals surface area contributed by atoms with Crippen LogP contribution in [0, 0.1) is 5.41 Å². The summed E-state index contributed by atoms with van der Waals surface area (Å²) in [7, 11) is 0. The van der Waals surface area contributed by atoms with Crippen molar-refractivity contribution in [2.24, 2.45) is 5.41 Å². The minimum Gasteiger partial charge on any atom is -0.493 e. The van der Waals surface area contributed by atoms with E-state index in [2.05, 4.69) is 6.07 Å². The van der Waals surface area contributed by atoms with Crippen LogP contribution < -0.4 is 4.74 Å². The Labute approximate surface area is 111 Å². The van der Waals surface area contributed by atoms with Gasteiger partial charge in [0, 0.05) is 5.41 Å². The van der Waals surface area contributed by atoms with Crippen molar-refractivity contribution in [2.75, 3.05) is 6.61 Å². The maximum atomic E-state index is 10.8. The number of rotatable bonds is 5. The van der Waals surface area contributed by atoms with Crippen LogP contribution in [0.2, 0.25) is 0 Å². The van der Waals surface area contributed by atoms with E-state index in [-0.39, 0.29) is 11.8 Å². The van der Waals surface area contributed by atoms with Crippen LogP contribution in [0.15, 0.2) is 42.5 Å². The Morgan fingerprint density at radius 2 is 1.89 bits per heavy atom. The van der Waals surface area contributed by atoms with E-state index in [0.29, 0.717) is 6.61 Å². The third-order valence-electron chi connectivity index (χ3n) is 3.75. The first-order valence-electron chi connectivity index (χ1n) is 6.50. The summed E-state index contributed by atoms with van der Waals surface area (Å²) in [5, 5.41) is 11.2. The Hall–Kier alpha value is -2.03. The van der Waals surface area contributed by atoms with Gasteiger partial charge in [-0.3, -0.25) is 4.79 Å². The number of hydrogen-bond acceptors (Lipinski definition) is 2. The van der Waals surface area contributed by atoms with Gasteiger partial charge in [0.1, 0.15) is 5.75 Å². The fourth-order valence-electron chi connectivity index (χ4n) is 2.36. The standard InChI is InChI=1S/C16H16O3/c17-15(18)10-16(7-8-16)11-19-14-6-5-12-3-1-2-4-13(12)9-14/h1-6,9H,7-8,10-11H2,(H,17,18). The van der Waals surface area contributed by atoms with Gasteiger partial charge in [0.05, 0.1) is 13.0 Å². The Morgan fingerprint density at radius 1 is 1.16 bits per heavy atom. The molecule has 3 heteroatoms. The number of carboxylic acid groups (broad SMARTS) is 1. The molecule has 1 N–H and O–H groups in total. The Kier molecular flexibility index (Phi) is 2.90. The maximum Gasteiger partial charge on any atom is 0.304 e. The minimum atomic E-state index is -0.736. The van der Waals surface area contributed by atoms with E-state index in [1.54, 1.807) is 0 Å². The number of carboxylic acids is 1. The lowest BCUT2D eigenvalue weighted by Gasteiger charge is -2.14. The lowest BCUT2D eigenvalue weighted by atomic mass is 10.0. The zero-order chi connectivity index (χ0) is 13.3. The third-order valence-corrected chi connectivity index (χ3v) is 3.75. The summed E-state index contributed by atoms with van der Waals surface area (Å²) in [6.45, 7) is 0.498. The van der Waals surface area contributed by atoms with E-state index in [4.69, 9.17) is 9.84 Å². The molecule has 0 aliphatic heterocycles. The molecule has 0 atom stereocenters. The van der Waals surface area contributed by atoms with E-state index in [0.717, 1.165) is 24.0 Å². The van der Waals surface area contributed by atoms with Gasteiger partial charge in [-0.25, -0.2) is 0 Å². The van der Waals surface area contributed by atoms with Gasteiger partial charge in [-0.15, -0.1) is 0 Å². The summed E-state index contributed by atoms with van der Waals surface area (Å²) in [4.78, 5) is 10.8. The topological polar surface area (TPSA) is 46.5 Å². The number of fused-ring (bicyclic) bond motifs is 1. The van der Waals surface area contributed by atoms with Crippen molar-refractivity contribution in [1.29, 1.82) is 0 Å². The second-order valence-electron chi connectivity index (χ2n) is 5.37. The third kappa shape index (κ3) is 2.70. The molecular weight excluding hydrogens is 240 g/mol. The molecule has 19 heavy (non-hydrogen) atoms. The normalized spacial score (nSPS) is 16.2. The largest absolute Gasteiger partial charge is 0.493 e. The lowest BCUT2D eigenvalue weighted by Crippen LogP contribution is -2.17. The zero-order valence-corrected chi connectivity index (χ0v) is 10.6. The highest BCUT2D eigenvalue weighted by molar-refractivity contribution is 5.83. The molecule has 0 spiro atoms. The molecule has 1 aliphatic carbocycles. The molecule has 0 unspecified atom stereocenters. The van der Waals surface area contributed by atoms with Gasteiger partial charge in [-0.05, 0) is 35.7 Å². The van der Waals surface area contributed by atoms with E-state index < -0.39 is 5.97 Å². The highest BCUT2D eigenvalue weighted by atomic mass is 16.5. The van der Waals surface area contributed by atoms with Crippen molar-refractivity contribution in [3.8, 4) is 5.75 Å². The van der Waals surface area contributed by atoms with Gasteiger partial charge in [0.2, 0.25) is 0 Å². The smallest absolute Gasteiger partial charge is 0.304 e. The molecule has 0 amide bonds. The van der Waals surface area contributed by atoms with Crippen molar-refractivity contribution in [3.05, 3.63) is 42.5 Å². The zero-order valence-electron chi connectivity index (χ0n) is 10.6. The molecule has 0 bridgehead atoms. The number of benzene rings is 2. The Morgan fingerprint density at radius 3 is 2.58 bits per heavy atom. The molecular formula is C16H16O3. The highest BCUT2D eigenvalue weighted by Crippen LogP contribution is 2.49. The summed E-state index contributed by atoms with van der Waals surface area (Å²) in [6, 6.07) is 14.1. The molecule has 1 saturated carbocycles. The van der Waals surface area contributed by atoms with Crippen molar-refractivity contribution in [2.45, 2.75) is 19.3 Å². The van der Waals surface area contributed by atoms with Gasteiger partial charge in [-0.2, -0.15) is 0 Å². The van der Waals surface area contributed by atoms with Crippen LogP contribution in [0.25, 0.3) is 10.8 Å². The summed E-state index contributed by atoms with van der Waals surface area (Å²) >= 11 is 0. The molecule has 1 fully saturated rings. The molecule has 3 nitrogen and oxygen atoms in total. The summed E-state index contributed by atoms with van der Waals surface area (Å²) < 4.78 is 5.78. The van der Waals surface area contributed by atoms with Crippen molar-refractivity contribution < 1.29 is 14.6 Å². The summed E-state index contributed by atoms with van der Waals surface area (Å²) in [6.07, 6.45) is 2.11. The van der Waals surface area contributed by atoms with Gasteiger partial charge < -0.3 is 9.84 Å². The molecule has 2 aromatic rings. The van der Waals surface area contributed by atoms with Crippen molar-refractivity contribution in [1.82, 2.24) is 0 Å². The second-order valence-corrected chi connectivity index (χ2v) is 5.37. The molecule has 0 aromatic heterocycles. The molecule has 2 aromatic carbocycles. The van der Waals surface area contributed by atoms with E-state index in [9.17, 15) is 4.79 Å². The molecule has 98 valence electrons. The van der Waals surface area contributed by atoms with E-state index >= 15 is 0 Å². The minimum absolute atomic E-state index is 0.128. The molecule has 1 aliphatic rings. The van der Waals surface area contributed by atoms with Crippen LogP contribution in [0.1, 0.15) is 19.3 Å². The second kappa shape index (κ2) is 4.57. The van der Waals surface area contributed by atoms with Crippen LogP contribution in [-0.2, 0) is 4.79 Å². The lowest BCUT2D eigenvalue weighted by molar-refractivity contribution is -0.138. The van der Waals surface area contributed by atoms with Gasteiger partial charge in [0.25, 0.3) is 0 Å². The number of carbonyl (C=O) groups is 1. The van der Waals surface area contributed by atoms with Crippen molar-refractivity contribution >= 4 is 16.7 Å². The monoisotopic (exact) mass is 256 g/mol. The molecule has 0 radical (unpaired) electrons. The fraction of sp³-hybridized carbons (Fsp3) is 0.312. The summed E-state index contributed by atoms with van der Waals surface area (Å²) in [5.74, 6) is 0.0787. The SMILES string of the molecule is O=C(O)CC1(COc2ccc3ccccc3c2)CC1. The predicted molar refractivity (Wildman–Crippen MR) is 73.4 cm³/mol. The van der Waals surface area contributed by atoms with Crippen molar-refractivity contribution in [3.63, 3.8) is 0 Å². The van der Waals surface area contributed by atoms with Crippen LogP contribution in [0.4, 0.5) is 0 Å².